The minimum absolute atomic E-state index is 0.104. The molecular formula is C26H34N4OS. The number of nitrogens with one attached hydrogen (secondary N) is 2. The van der Waals surface area contributed by atoms with Gasteiger partial charge in [-0.25, -0.2) is 0 Å². The van der Waals surface area contributed by atoms with E-state index in [0.29, 0.717) is 11.5 Å². The van der Waals surface area contributed by atoms with Gasteiger partial charge >= 0.3 is 0 Å². The van der Waals surface area contributed by atoms with Gasteiger partial charge in [-0.05, 0) is 92.7 Å². The molecule has 0 saturated carbocycles. The molecule has 6 heteroatoms. The van der Waals surface area contributed by atoms with Gasteiger partial charge < -0.3 is 20.4 Å². The molecule has 2 aromatic rings. The van der Waals surface area contributed by atoms with E-state index >= 15 is 0 Å². The predicted octanol–water partition coefficient (Wildman–Crippen LogP) is 5.41. The molecule has 0 aliphatic carbocycles. The standard InChI is InChI=1S/C26H34N4OS/c1-18-6-4-14-29(17-18)23-11-8-21(9-12-23)20(3)27-26(32)28-22-10-13-24(19(2)16-22)30-15-5-7-25(30)31/h8-13,16,18,20H,4-7,14-15,17H2,1-3H3,(H2,27,28,32)/t18-,20-/m1/s1. The van der Waals surface area contributed by atoms with Crippen molar-refractivity contribution in [3.63, 3.8) is 0 Å². The van der Waals surface area contributed by atoms with Crippen LogP contribution in [0.4, 0.5) is 17.1 Å². The normalized spacial score (nSPS) is 19.7. The summed E-state index contributed by atoms with van der Waals surface area (Å²) in [4.78, 5) is 16.4. The zero-order valence-corrected chi connectivity index (χ0v) is 20.2. The molecule has 170 valence electrons. The highest BCUT2D eigenvalue weighted by atomic mass is 32.1. The van der Waals surface area contributed by atoms with E-state index in [2.05, 4.69) is 53.6 Å². The summed E-state index contributed by atoms with van der Waals surface area (Å²) in [5.74, 6) is 0.974. The van der Waals surface area contributed by atoms with Gasteiger partial charge in [-0.2, -0.15) is 0 Å². The number of amides is 1. The van der Waals surface area contributed by atoms with Crippen molar-refractivity contribution in [1.82, 2.24) is 5.32 Å². The van der Waals surface area contributed by atoms with Crippen molar-refractivity contribution >= 4 is 40.3 Å². The van der Waals surface area contributed by atoms with E-state index in [1.54, 1.807) is 0 Å². The first-order valence-corrected chi connectivity index (χ1v) is 12.1. The Labute approximate surface area is 197 Å². The zero-order valence-electron chi connectivity index (χ0n) is 19.4. The fourth-order valence-corrected chi connectivity index (χ4v) is 5.08. The van der Waals surface area contributed by atoms with E-state index in [1.807, 2.05) is 30.0 Å². The van der Waals surface area contributed by atoms with Gasteiger partial charge in [-0.1, -0.05) is 19.1 Å². The molecule has 0 aromatic heterocycles. The van der Waals surface area contributed by atoms with Gasteiger partial charge in [0.1, 0.15) is 0 Å². The molecule has 2 N–H and O–H groups in total. The lowest BCUT2D eigenvalue weighted by atomic mass is 9.99. The maximum atomic E-state index is 12.0. The smallest absolute Gasteiger partial charge is 0.227 e. The van der Waals surface area contributed by atoms with Crippen LogP contribution in [0, 0.1) is 12.8 Å². The molecule has 0 radical (unpaired) electrons. The lowest BCUT2D eigenvalue weighted by Crippen LogP contribution is -2.34. The molecule has 2 aromatic carbocycles. The van der Waals surface area contributed by atoms with Crippen LogP contribution in [0.5, 0.6) is 0 Å². The Balaban J connectivity index is 1.33. The van der Waals surface area contributed by atoms with Gasteiger partial charge in [0.15, 0.2) is 5.11 Å². The van der Waals surface area contributed by atoms with E-state index < -0.39 is 0 Å². The monoisotopic (exact) mass is 450 g/mol. The number of thiocarbonyl (C=S) groups is 1. The van der Waals surface area contributed by atoms with Crippen molar-refractivity contribution in [2.75, 3.05) is 34.8 Å². The van der Waals surface area contributed by atoms with Crippen LogP contribution in [0.3, 0.4) is 0 Å². The number of rotatable bonds is 5. The van der Waals surface area contributed by atoms with E-state index in [-0.39, 0.29) is 11.9 Å². The molecule has 0 spiro atoms. The third-order valence-corrected chi connectivity index (χ3v) is 6.80. The van der Waals surface area contributed by atoms with E-state index in [1.165, 1.54) is 24.1 Å². The molecule has 0 bridgehead atoms. The highest BCUT2D eigenvalue weighted by Gasteiger charge is 2.23. The molecule has 0 unspecified atom stereocenters. The fraction of sp³-hybridized carbons (Fsp3) is 0.462. The minimum Gasteiger partial charge on any atom is -0.371 e. The molecule has 1 amide bonds. The van der Waals surface area contributed by atoms with Crippen molar-refractivity contribution in [2.45, 2.75) is 52.5 Å². The maximum absolute atomic E-state index is 12.0. The van der Waals surface area contributed by atoms with E-state index in [0.717, 1.165) is 48.9 Å². The van der Waals surface area contributed by atoms with Crippen molar-refractivity contribution in [1.29, 1.82) is 0 Å². The second kappa shape index (κ2) is 9.90. The molecule has 32 heavy (non-hydrogen) atoms. The van der Waals surface area contributed by atoms with Crippen LogP contribution in [0.25, 0.3) is 0 Å². The number of anilines is 3. The average molecular weight is 451 g/mol. The number of carbonyl (C=O) groups is 1. The van der Waals surface area contributed by atoms with Gasteiger partial charge in [0, 0.05) is 43.1 Å². The van der Waals surface area contributed by atoms with Crippen LogP contribution in [0.2, 0.25) is 0 Å². The van der Waals surface area contributed by atoms with Gasteiger partial charge in [-0.3, -0.25) is 4.79 Å². The second-order valence-electron chi connectivity index (χ2n) is 9.26. The van der Waals surface area contributed by atoms with Crippen molar-refractivity contribution in [3.05, 3.63) is 53.6 Å². The summed E-state index contributed by atoms with van der Waals surface area (Å²) >= 11 is 5.56. The van der Waals surface area contributed by atoms with Crippen LogP contribution < -0.4 is 20.4 Å². The Bertz CT molecular complexity index is 974. The van der Waals surface area contributed by atoms with Gasteiger partial charge in [0.05, 0.1) is 6.04 Å². The lowest BCUT2D eigenvalue weighted by molar-refractivity contribution is -0.117. The summed E-state index contributed by atoms with van der Waals surface area (Å²) < 4.78 is 0. The predicted molar refractivity (Wildman–Crippen MR) is 138 cm³/mol. The number of piperidine rings is 1. The third kappa shape index (κ3) is 5.23. The zero-order chi connectivity index (χ0) is 22.7. The van der Waals surface area contributed by atoms with Crippen molar-refractivity contribution < 1.29 is 4.79 Å². The Kier molecular flexibility index (Phi) is 6.99. The van der Waals surface area contributed by atoms with Crippen molar-refractivity contribution in [2.24, 2.45) is 5.92 Å². The molecule has 2 saturated heterocycles. The Morgan fingerprint density at radius 1 is 1.12 bits per heavy atom. The number of hydrogen-bond acceptors (Lipinski definition) is 3. The number of nitrogens with zero attached hydrogens (tertiary/aromatic N) is 2. The summed E-state index contributed by atoms with van der Waals surface area (Å²) in [6.45, 7) is 9.59. The number of hydrogen-bond donors (Lipinski definition) is 2. The van der Waals surface area contributed by atoms with E-state index in [9.17, 15) is 4.79 Å². The van der Waals surface area contributed by atoms with Crippen LogP contribution in [-0.2, 0) is 4.79 Å². The first-order valence-electron chi connectivity index (χ1n) is 11.7. The molecule has 2 aliphatic heterocycles. The quantitative estimate of drug-likeness (QED) is 0.597. The summed E-state index contributed by atoms with van der Waals surface area (Å²) in [5.41, 5.74) is 5.51. The molecule has 5 nitrogen and oxygen atoms in total. The van der Waals surface area contributed by atoms with Gasteiger partial charge in [-0.15, -0.1) is 0 Å². The SMILES string of the molecule is Cc1cc(NC(=S)N[C@H](C)c2ccc(N3CCC[C@@H](C)C3)cc2)ccc1N1CCCC1=O. The van der Waals surface area contributed by atoms with Gasteiger partial charge in [0.2, 0.25) is 5.91 Å². The Morgan fingerprint density at radius 3 is 2.56 bits per heavy atom. The molecule has 4 rings (SSSR count). The molecule has 2 fully saturated rings. The summed E-state index contributed by atoms with van der Waals surface area (Å²) in [7, 11) is 0. The maximum Gasteiger partial charge on any atom is 0.227 e. The van der Waals surface area contributed by atoms with E-state index in [4.69, 9.17) is 12.2 Å². The van der Waals surface area contributed by atoms with Gasteiger partial charge in [0.25, 0.3) is 0 Å². The third-order valence-electron chi connectivity index (χ3n) is 6.58. The molecule has 2 heterocycles. The lowest BCUT2D eigenvalue weighted by Gasteiger charge is -2.33. The molecular weight excluding hydrogens is 416 g/mol. The number of carbonyl (C=O) groups excluding carboxylic acids is 1. The summed E-state index contributed by atoms with van der Waals surface area (Å²) in [5, 5.41) is 7.27. The Hall–Kier alpha value is -2.60. The minimum atomic E-state index is 0.104. The topological polar surface area (TPSA) is 47.6 Å². The summed E-state index contributed by atoms with van der Waals surface area (Å²) in [6, 6.07) is 15.0. The molecule has 2 atom stereocenters. The fourth-order valence-electron chi connectivity index (χ4n) is 4.78. The first kappa shape index (κ1) is 22.6. The molecule has 2 aliphatic rings. The highest BCUT2D eigenvalue weighted by Crippen LogP contribution is 2.28. The second-order valence-corrected chi connectivity index (χ2v) is 9.66. The average Bonchev–Trinajstić information content (AvgIpc) is 3.19. The highest BCUT2D eigenvalue weighted by molar-refractivity contribution is 7.80. The van der Waals surface area contributed by atoms with Crippen molar-refractivity contribution in [3.8, 4) is 0 Å². The number of aryl methyl sites for hydroxylation is 1. The van der Waals surface area contributed by atoms with Crippen LogP contribution in [0.1, 0.15) is 56.7 Å². The summed E-state index contributed by atoms with van der Waals surface area (Å²) in [6.07, 6.45) is 4.18. The Morgan fingerprint density at radius 2 is 1.91 bits per heavy atom. The largest absolute Gasteiger partial charge is 0.371 e. The van der Waals surface area contributed by atoms with Crippen LogP contribution in [0.15, 0.2) is 42.5 Å². The van der Waals surface area contributed by atoms with Crippen LogP contribution >= 0.6 is 12.2 Å². The van der Waals surface area contributed by atoms with Crippen LogP contribution in [-0.4, -0.2) is 30.7 Å². The first-order chi connectivity index (χ1) is 15.4. The number of benzene rings is 2.